The predicted octanol–water partition coefficient (Wildman–Crippen LogP) is 3.66. The molecule has 1 aliphatic carbocycles. The number of hydrogen-bond donors (Lipinski definition) is 0. The molecule has 1 heteroatoms. The van der Waals surface area contributed by atoms with Crippen LogP contribution in [0.3, 0.4) is 0 Å². The first-order valence-electron chi connectivity index (χ1n) is 4.42. The van der Waals surface area contributed by atoms with Gasteiger partial charge in [0.25, 0.3) is 0 Å². The molecule has 0 N–H and O–H groups in total. The standard InChI is InChI=1S/C9H20As/c1-10(2,3)9-7-5-4-6-8-9/h9H,4-8H2,1-3H3. The summed E-state index contributed by atoms with van der Waals surface area (Å²) in [6, 6.07) is 0. The Morgan fingerprint density at radius 3 is 1.70 bits per heavy atom. The van der Waals surface area contributed by atoms with E-state index in [1.54, 1.807) is 12.8 Å². The molecule has 0 spiro atoms. The van der Waals surface area contributed by atoms with E-state index in [2.05, 4.69) is 17.1 Å². The van der Waals surface area contributed by atoms with Gasteiger partial charge >= 0.3 is 67.5 Å². The Balaban J connectivity index is 2.39. The van der Waals surface area contributed by atoms with Crippen LogP contribution in [0.4, 0.5) is 0 Å². The summed E-state index contributed by atoms with van der Waals surface area (Å²) in [5, 5.41) is 0. The Labute approximate surface area is 67.8 Å². The van der Waals surface area contributed by atoms with Gasteiger partial charge < -0.3 is 0 Å². The van der Waals surface area contributed by atoms with Crippen molar-refractivity contribution in [3.8, 4) is 0 Å². The molecule has 0 atom stereocenters. The zero-order valence-corrected chi connectivity index (χ0v) is 9.44. The van der Waals surface area contributed by atoms with E-state index in [-0.39, 0.29) is 0 Å². The Morgan fingerprint density at radius 1 is 0.900 bits per heavy atom. The normalized spacial score (nSPS) is 23.1. The van der Waals surface area contributed by atoms with Crippen molar-refractivity contribution in [3.63, 3.8) is 0 Å². The summed E-state index contributed by atoms with van der Waals surface area (Å²) in [4.78, 5) is 0. The summed E-state index contributed by atoms with van der Waals surface area (Å²) >= 11 is -1.07. The van der Waals surface area contributed by atoms with Gasteiger partial charge in [0.15, 0.2) is 0 Å². The summed E-state index contributed by atoms with van der Waals surface area (Å²) < 4.78 is 1.17. The van der Waals surface area contributed by atoms with E-state index in [0.717, 1.165) is 0 Å². The minimum atomic E-state index is -1.07. The van der Waals surface area contributed by atoms with Crippen LogP contribution in [0.1, 0.15) is 32.1 Å². The van der Waals surface area contributed by atoms with Crippen LogP contribution in [-0.4, -0.2) is 13.6 Å². The second-order valence-electron chi connectivity index (χ2n) is 4.41. The van der Waals surface area contributed by atoms with Gasteiger partial charge in [-0.15, -0.1) is 0 Å². The van der Waals surface area contributed by atoms with Crippen LogP contribution < -0.4 is 0 Å². The van der Waals surface area contributed by atoms with E-state index in [4.69, 9.17) is 0 Å². The zero-order valence-electron chi connectivity index (χ0n) is 7.56. The molecule has 1 rings (SSSR count). The average molecular weight is 203 g/mol. The van der Waals surface area contributed by atoms with Crippen molar-refractivity contribution in [1.29, 1.82) is 0 Å². The van der Waals surface area contributed by atoms with Crippen molar-refractivity contribution in [2.45, 2.75) is 53.9 Å². The van der Waals surface area contributed by atoms with Gasteiger partial charge in [-0.05, 0) is 0 Å². The Kier molecular flexibility index (Phi) is 2.86. The Morgan fingerprint density at radius 2 is 1.40 bits per heavy atom. The molecule has 61 valence electrons. The van der Waals surface area contributed by atoms with Crippen molar-refractivity contribution in [2.24, 2.45) is 0 Å². The van der Waals surface area contributed by atoms with Gasteiger partial charge in [0.05, 0.1) is 0 Å². The molecule has 0 heterocycles. The third kappa shape index (κ3) is 2.31. The van der Waals surface area contributed by atoms with E-state index < -0.39 is 13.6 Å². The van der Waals surface area contributed by atoms with E-state index in [0.29, 0.717) is 0 Å². The molecular weight excluding hydrogens is 183 g/mol. The third-order valence-corrected chi connectivity index (χ3v) is 8.35. The molecule has 0 unspecified atom stereocenters. The molecule has 1 saturated carbocycles. The molecule has 0 amide bonds. The van der Waals surface area contributed by atoms with Crippen molar-refractivity contribution < 1.29 is 0 Å². The second kappa shape index (κ2) is 3.30. The first kappa shape index (κ1) is 8.65. The molecule has 0 nitrogen and oxygen atoms in total. The Hall–Kier alpha value is 0.558. The van der Waals surface area contributed by atoms with E-state index in [9.17, 15) is 0 Å². The van der Waals surface area contributed by atoms with E-state index in [1.807, 2.05) is 0 Å². The molecular formula is C9H20As. The maximum atomic E-state index is 2.55. The molecule has 0 saturated heterocycles. The first-order chi connectivity index (χ1) is 4.61. The van der Waals surface area contributed by atoms with Gasteiger partial charge in [0.1, 0.15) is 0 Å². The van der Waals surface area contributed by atoms with Crippen molar-refractivity contribution in [3.05, 3.63) is 0 Å². The fourth-order valence-corrected chi connectivity index (χ4v) is 5.87. The molecule has 1 radical (unpaired) electrons. The van der Waals surface area contributed by atoms with Gasteiger partial charge in [-0.3, -0.25) is 0 Å². The molecule has 0 aromatic heterocycles. The van der Waals surface area contributed by atoms with Crippen LogP contribution in [0.15, 0.2) is 0 Å². The molecule has 0 aliphatic heterocycles. The molecule has 0 aromatic rings. The van der Waals surface area contributed by atoms with Crippen molar-refractivity contribution in [1.82, 2.24) is 0 Å². The summed E-state index contributed by atoms with van der Waals surface area (Å²) in [5.41, 5.74) is 7.65. The second-order valence-corrected chi connectivity index (χ2v) is 14.8. The SMILES string of the molecule is C[As](C)(C)C1CCCCC1. The quantitative estimate of drug-likeness (QED) is 0.570. The topological polar surface area (TPSA) is 0 Å². The predicted molar refractivity (Wildman–Crippen MR) is 50.2 cm³/mol. The summed E-state index contributed by atoms with van der Waals surface area (Å²) in [7, 11) is 0. The fraction of sp³-hybridized carbons (Fsp3) is 1.00. The van der Waals surface area contributed by atoms with Crippen LogP contribution in [0.5, 0.6) is 0 Å². The number of rotatable bonds is 1. The minimum absolute atomic E-state index is 1.07. The van der Waals surface area contributed by atoms with Gasteiger partial charge in [-0.1, -0.05) is 0 Å². The third-order valence-electron chi connectivity index (χ3n) is 2.67. The summed E-state index contributed by atoms with van der Waals surface area (Å²) in [6.45, 7) is 0. The van der Waals surface area contributed by atoms with Gasteiger partial charge in [-0.2, -0.15) is 0 Å². The average Bonchev–Trinajstić information content (AvgIpc) is 1.88. The van der Waals surface area contributed by atoms with Crippen LogP contribution in [0, 0.1) is 0 Å². The van der Waals surface area contributed by atoms with Gasteiger partial charge in [0, 0.05) is 0 Å². The Bertz CT molecular complexity index is 95.8. The number of hydrogen-bond acceptors (Lipinski definition) is 0. The van der Waals surface area contributed by atoms with Crippen LogP contribution >= 0.6 is 0 Å². The molecule has 0 aromatic carbocycles. The maximum absolute atomic E-state index is 2.55. The summed E-state index contributed by atoms with van der Waals surface area (Å²) in [6.07, 6.45) is 7.64. The van der Waals surface area contributed by atoms with Gasteiger partial charge in [0.2, 0.25) is 0 Å². The molecule has 0 bridgehead atoms. The van der Waals surface area contributed by atoms with Gasteiger partial charge in [-0.25, -0.2) is 0 Å². The molecule has 1 fully saturated rings. The van der Waals surface area contributed by atoms with Crippen LogP contribution in [0.2, 0.25) is 21.8 Å². The molecule has 10 heavy (non-hydrogen) atoms. The fourth-order valence-electron chi connectivity index (χ4n) is 1.86. The van der Waals surface area contributed by atoms with Crippen molar-refractivity contribution in [2.75, 3.05) is 0 Å². The summed E-state index contributed by atoms with van der Waals surface area (Å²) in [5.74, 6) is 0. The van der Waals surface area contributed by atoms with Crippen molar-refractivity contribution >= 4 is 13.6 Å². The van der Waals surface area contributed by atoms with E-state index >= 15 is 0 Å². The van der Waals surface area contributed by atoms with E-state index in [1.165, 1.54) is 24.0 Å². The van der Waals surface area contributed by atoms with Crippen LogP contribution in [0.25, 0.3) is 0 Å². The first-order valence-corrected chi connectivity index (χ1v) is 11.1. The molecule has 1 aliphatic rings. The monoisotopic (exact) mass is 203 g/mol. The zero-order chi connectivity index (χ0) is 7.61. The van der Waals surface area contributed by atoms with Crippen LogP contribution in [-0.2, 0) is 0 Å².